The van der Waals surface area contributed by atoms with Crippen molar-refractivity contribution < 1.29 is 14.5 Å². The van der Waals surface area contributed by atoms with Crippen LogP contribution in [0.4, 0.5) is 0 Å². The highest BCUT2D eigenvalue weighted by Gasteiger charge is 2.40. The molecule has 0 aromatic rings. The summed E-state index contributed by atoms with van der Waals surface area (Å²) in [6.45, 7) is 2.81. The average molecular weight is 244 g/mol. The van der Waals surface area contributed by atoms with Crippen molar-refractivity contribution in [3.05, 3.63) is 10.1 Å². The van der Waals surface area contributed by atoms with Crippen LogP contribution < -0.4 is 5.32 Å². The molecule has 0 heterocycles. The van der Waals surface area contributed by atoms with Crippen molar-refractivity contribution >= 4 is 5.91 Å². The summed E-state index contributed by atoms with van der Waals surface area (Å²) < 4.78 is 5.00. The van der Waals surface area contributed by atoms with Gasteiger partial charge in [0, 0.05) is 36.8 Å². The standard InChI is InChI=1S/C11H20N2O4/c1-3-12-11(14)8-4-5-9(7-17-2)10(6-8)13(15)16/h8-10H,3-7H2,1-2H3,(H,12,14). The molecule has 0 aliphatic heterocycles. The first kappa shape index (κ1) is 13.9. The van der Waals surface area contributed by atoms with Gasteiger partial charge in [-0.15, -0.1) is 0 Å². The maximum Gasteiger partial charge on any atom is 0.223 e. The third-order valence-electron chi connectivity index (χ3n) is 3.33. The zero-order valence-corrected chi connectivity index (χ0v) is 10.3. The molecule has 1 fully saturated rings. The lowest BCUT2D eigenvalue weighted by atomic mass is 9.78. The maximum absolute atomic E-state index is 11.7. The molecule has 3 unspecified atom stereocenters. The molecule has 98 valence electrons. The van der Waals surface area contributed by atoms with Crippen LogP contribution in [0.25, 0.3) is 0 Å². The summed E-state index contributed by atoms with van der Waals surface area (Å²) in [5, 5.41) is 13.7. The number of amides is 1. The van der Waals surface area contributed by atoms with E-state index in [-0.39, 0.29) is 22.7 Å². The van der Waals surface area contributed by atoms with Crippen molar-refractivity contribution in [3.63, 3.8) is 0 Å². The fourth-order valence-corrected chi connectivity index (χ4v) is 2.43. The van der Waals surface area contributed by atoms with Gasteiger partial charge >= 0.3 is 0 Å². The van der Waals surface area contributed by atoms with Gasteiger partial charge in [-0.05, 0) is 19.8 Å². The second-order valence-corrected chi connectivity index (χ2v) is 4.47. The summed E-state index contributed by atoms with van der Waals surface area (Å²) in [7, 11) is 1.55. The summed E-state index contributed by atoms with van der Waals surface area (Å²) >= 11 is 0. The zero-order valence-electron chi connectivity index (χ0n) is 10.3. The topological polar surface area (TPSA) is 81.5 Å². The fraction of sp³-hybridized carbons (Fsp3) is 0.909. The van der Waals surface area contributed by atoms with Gasteiger partial charge in [-0.25, -0.2) is 0 Å². The summed E-state index contributed by atoms with van der Waals surface area (Å²) in [6, 6.07) is -0.656. The molecule has 6 nitrogen and oxygen atoms in total. The van der Waals surface area contributed by atoms with Crippen molar-refractivity contribution in [2.75, 3.05) is 20.3 Å². The molecule has 1 aliphatic rings. The van der Waals surface area contributed by atoms with Crippen LogP contribution in [0.1, 0.15) is 26.2 Å². The van der Waals surface area contributed by atoms with Gasteiger partial charge < -0.3 is 10.1 Å². The Balaban J connectivity index is 2.61. The Morgan fingerprint density at radius 2 is 2.24 bits per heavy atom. The third-order valence-corrected chi connectivity index (χ3v) is 3.33. The van der Waals surface area contributed by atoms with Crippen LogP contribution in [0, 0.1) is 22.0 Å². The minimum Gasteiger partial charge on any atom is -0.384 e. The van der Waals surface area contributed by atoms with Gasteiger partial charge in [0.25, 0.3) is 0 Å². The molecule has 1 rings (SSSR count). The van der Waals surface area contributed by atoms with E-state index in [0.717, 1.165) is 0 Å². The van der Waals surface area contributed by atoms with E-state index >= 15 is 0 Å². The molecular formula is C11H20N2O4. The van der Waals surface area contributed by atoms with E-state index in [4.69, 9.17) is 4.74 Å². The van der Waals surface area contributed by atoms with Crippen molar-refractivity contribution in [1.29, 1.82) is 0 Å². The molecule has 0 spiro atoms. The van der Waals surface area contributed by atoms with E-state index in [1.165, 1.54) is 0 Å². The smallest absolute Gasteiger partial charge is 0.223 e. The number of carbonyl (C=O) groups excluding carboxylic acids is 1. The van der Waals surface area contributed by atoms with E-state index in [0.29, 0.717) is 32.4 Å². The van der Waals surface area contributed by atoms with Crippen molar-refractivity contribution in [1.82, 2.24) is 5.32 Å². The van der Waals surface area contributed by atoms with Gasteiger partial charge in [0.1, 0.15) is 0 Å². The van der Waals surface area contributed by atoms with Gasteiger partial charge in [0.05, 0.1) is 6.61 Å². The first-order valence-electron chi connectivity index (χ1n) is 6.00. The van der Waals surface area contributed by atoms with Gasteiger partial charge in [0.15, 0.2) is 0 Å². The Hall–Kier alpha value is -1.17. The molecule has 1 amide bonds. The summed E-state index contributed by atoms with van der Waals surface area (Å²) in [4.78, 5) is 22.4. The zero-order chi connectivity index (χ0) is 12.8. The molecule has 0 saturated heterocycles. The van der Waals surface area contributed by atoms with Gasteiger partial charge in [0.2, 0.25) is 11.9 Å². The Labute approximate surface area is 101 Å². The Kier molecular flexibility index (Phi) is 5.34. The number of hydrogen-bond acceptors (Lipinski definition) is 4. The van der Waals surface area contributed by atoms with Gasteiger partial charge in [-0.3, -0.25) is 14.9 Å². The van der Waals surface area contributed by atoms with Crippen molar-refractivity contribution in [3.8, 4) is 0 Å². The predicted octanol–water partition coefficient (Wildman–Crippen LogP) is 0.831. The number of ether oxygens (including phenoxy) is 1. The monoisotopic (exact) mass is 244 g/mol. The molecule has 0 aromatic carbocycles. The van der Waals surface area contributed by atoms with Gasteiger partial charge in [-0.2, -0.15) is 0 Å². The molecule has 1 aliphatic carbocycles. The first-order valence-corrected chi connectivity index (χ1v) is 6.00. The van der Waals surface area contributed by atoms with Crippen LogP contribution in [0.15, 0.2) is 0 Å². The van der Waals surface area contributed by atoms with Crippen LogP contribution >= 0.6 is 0 Å². The third kappa shape index (κ3) is 3.66. The highest BCUT2D eigenvalue weighted by atomic mass is 16.6. The van der Waals surface area contributed by atoms with Crippen LogP contribution in [0.3, 0.4) is 0 Å². The van der Waals surface area contributed by atoms with E-state index in [1.54, 1.807) is 7.11 Å². The van der Waals surface area contributed by atoms with Crippen molar-refractivity contribution in [2.45, 2.75) is 32.2 Å². The molecule has 17 heavy (non-hydrogen) atoms. The number of hydrogen-bond donors (Lipinski definition) is 1. The largest absolute Gasteiger partial charge is 0.384 e. The lowest BCUT2D eigenvalue weighted by Crippen LogP contribution is -2.42. The molecular weight excluding hydrogens is 224 g/mol. The number of carbonyl (C=O) groups is 1. The molecule has 6 heteroatoms. The number of nitrogens with one attached hydrogen (secondary N) is 1. The average Bonchev–Trinajstić information content (AvgIpc) is 2.30. The number of nitrogens with zero attached hydrogens (tertiary/aromatic N) is 1. The summed E-state index contributed by atoms with van der Waals surface area (Å²) in [5.41, 5.74) is 0. The molecule has 1 saturated carbocycles. The predicted molar refractivity (Wildman–Crippen MR) is 62.2 cm³/mol. The van der Waals surface area contributed by atoms with Crippen LogP contribution in [0.2, 0.25) is 0 Å². The fourth-order valence-electron chi connectivity index (χ4n) is 2.43. The molecule has 3 atom stereocenters. The van der Waals surface area contributed by atoms with E-state index < -0.39 is 6.04 Å². The Morgan fingerprint density at radius 1 is 1.53 bits per heavy atom. The van der Waals surface area contributed by atoms with Crippen LogP contribution in [-0.4, -0.2) is 37.1 Å². The normalized spacial score (nSPS) is 28.7. The second-order valence-electron chi connectivity index (χ2n) is 4.47. The lowest BCUT2D eigenvalue weighted by Gasteiger charge is -2.29. The number of nitro groups is 1. The second kappa shape index (κ2) is 6.54. The van der Waals surface area contributed by atoms with Crippen molar-refractivity contribution in [2.24, 2.45) is 11.8 Å². The summed E-state index contributed by atoms with van der Waals surface area (Å²) in [5.74, 6) is -0.352. The minimum absolute atomic E-state index is 0.0600. The molecule has 0 radical (unpaired) electrons. The molecule has 0 bridgehead atoms. The highest BCUT2D eigenvalue weighted by Crippen LogP contribution is 2.31. The first-order chi connectivity index (χ1) is 8.10. The maximum atomic E-state index is 11.7. The number of methoxy groups -OCH3 is 1. The van der Waals surface area contributed by atoms with E-state index in [2.05, 4.69) is 5.32 Å². The van der Waals surface area contributed by atoms with Gasteiger partial charge in [-0.1, -0.05) is 0 Å². The molecule has 1 N–H and O–H groups in total. The SMILES string of the molecule is CCNC(=O)C1CCC(COC)C([N+](=O)[O-])C1. The summed E-state index contributed by atoms with van der Waals surface area (Å²) in [6.07, 6.45) is 1.72. The van der Waals surface area contributed by atoms with Crippen LogP contribution in [-0.2, 0) is 9.53 Å². The highest BCUT2D eigenvalue weighted by molar-refractivity contribution is 5.78. The van der Waals surface area contributed by atoms with E-state index in [9.17, 15) is 14.9 Å². The minimum atomic E-state index is -0.656. The lowest BCUT2D eigenvalue weighted by molar-refractivity contribution is -0.537. The number of rotatable bonds is 5. The quantitative estimate of drug-likeness (QED) is 0.573. The Bertz CT molecular complexity index is 283. The molecule has 0 aromatic heterocycles. The van der Waals surface area contributed by atoms with Crippen LogP contribution in [0.5, 0.6) is 0 Å². The Morgan fingerprint density at radius 3 is 2.76 bits per heavy atom. The van der Waals surface area contributed by atoms with E-state index in [1.807, 2.05) is 6.92 Å².